The third-order valence-electron chi connectivity index (χ3n) is 5.95. The van der Waals surface area contributed by atoms with Crippen molar-refractivity contribution in [2.75, 3.05) is 0 Å². The number of ether oxygens (including phenoxy) is 2. The minimum Gasteiger partial charge on any atom is -0.455 e. The second-order valence-electron chi connectivity index (χ2n) is 7.59. The zero-order valence-corrected chi connectivity index (χ0v) is 14.1. The number of allylic oxidation sites excluding steroid dienone is 2. The van der Waals surface area contributed by atoms with Crippen LogP contribution in [0.5, 0.6) is 0 Å². The Hall–Kier alpha value is -1.09. The Balaban J connectivity index is 1.84. The summed E-state index contributed by atoms with van der Waals surface area (Å²) in [6.45, 7) is 9.81. The SMILES string of the molecule is C=C(C)C(=O)OC(C)(C1CC=C(C)CC1)C1CC2CCC1O2. The molecule has 0 aromatic heterocycles. The van der Waals surface area contributed by atoms with E-state index in [-0.39, 0.29) is 12.1 Å². The fourth-order valence-corrected chi connectivity index (χ4v) is 4.48. The van der Waals surface area contributed by atoms with E-state index in [0.717, 1.165) is 38.5 Å². The predicted molar refractivity (Wildman–Crippen MR) is 86.4 cm³/mol. The molecule has 0 N–H and O–H groups in total. The highest BCUT2D eigenvalue weighted by atomic mass is 16.6. The third-order valence-corrected chi connectivity index (χ3v) is 5.95. The molecule has 2 aliphatic heterocycles. The van der Waals surface area contributed by atoms with Crippen LogP contribution in [0.1, 0.15) is 59.3 Å². The van der Waals surface area contributed by atoms with Gasteiger partial charge in [-0.25, -0.2) is 4.79 Å². The lowest BCUT2D eigenvalue weighted by Crippen LogP contribution is -2.50. The maximum Gasteiger partial charge on any atom is 0.333 e. The van der Waals surface area contributed by atoms with E-state index < -0.39 is 5.60 Å². The van der Waals surface area contributed by atoms with E-state index in [2.05, 4.69) is 26.5 Å². The van der Waals surface area contributed by atoms with Crippen molar-refractivity contribution in [3.8, 4) is 0 Å². The van der Waals surface area contributed by atoms with E-state index in [4.69, 9.17) is 9.47 Å². The van der Waals surface area contributed by atoms with Gasteiger partial charge in [0.2, 0.25) is 0 Å². The van der Waals surface area contributed by atoms with Crippen LogP contribution in [0.4, 0.5) is 0 Å². The van der Waals surface area contributed by atoms with Crippen LogP contribution in [-0.4, -0.2) is 23.8 Å². The second-order valence-corrected chi connectivity index (χ2v) is 7.59. The quantitative estimate of drug-likeness (QED) is 0.444. The van der Waals surface area contributed by atoms with Gasteiger partial charge in [0.05, 0.1) is 12.2 Å². The molecule has 5 atom stereocenters. The lowest BCUT2D eigenvalue weighted by molar-refractivity contribution is -0.171. The minimum atomic E-state index is -0.437. The van der Waals surface area contributed by atoms with E-state index in [0.29, 0.717) is 23.5 Å². The Kier molecular flexibility index (Phi) is 4.19. The standard InChI is InChI=1S/C19H28O3/c1-12(2)18(20)22-19(4,14-7-5-13(3)6-8-14)16-11-15-9-10-17(16)21-15/h5,14-17H,1,6-11H2,2-4H3. The van der Waals surface area contributed by atoms with Crippen molar-refractivity contribution in [3.63, 3.8) is 0 Å². The Bertz CT molecular complexity index is 507. The molecule has 2 bridgehead atoms. The van der Waals surface area contributed by atoms with Gasteiger partial charge < -0.3 is 9.47 Å². The summed E-state index contributed by atoms with van der Waals surface area (Å²) in [5.74, 6) is 0.454. The molecule has 0 amide bonds. The molecule has 0 aromatic rings. The summed E-state index contributed by atoms with van der Waals surface area (Å²) >= 11 is 0. The van der Waals surface area contributed by atoms with Gasteiger partial charge in [-0.2, -0.15) is 0 Å². The van der Waals surface area contributed by atoms with Crippen molar-refractivity contribution in [1.82, 2.24) is 0 Å². The number of rotatable bonds is 4. The number of esters is 1. The number of fused-ring (bicyclic) bond motifs is 2. The average molecular weight is 304 g/mol. The van der Waals surface area contributed by atoms with Gasteiger partial charge in [0.15, 0.2) is 0 Å². The first-order valence-corrected chi connectivity index (χ1v) is 8.60. The molecule has 0 saturated carbocycles. The molecular formula is C19H28O3. The Labute approximate surface area is 133 Å². The molecule has 2 heterocycles. The number of hydrogen-bond donors (Lipinski definition) is 0. The first-order valence-electron chi connectivity index (χ1n) is 8.60. The Morgan fingerprint density at radius 3 is 2.68 bits per heavy atom. The van der Waals surface area contributed by atoms with Crippen molar-refractivity contribution in [1.29, 1.82) is 0 Å². The molecule has 0 aromatic carbocycles. The van der Waals surface area contributed by atoms with E-state index >= 15 is 0 Å². The molecule has 2 saturated heterocycles. The molecule has 22 heavy (non-hydrogen) atoms. The van der Waals surface area contributed by atoms with Gasteiger partial charge in [-0.15, -0.1) is 0 Å². The molecule has 0 radical (unpaired) electrons. The van der Waals surface area contributed by atoms with Crippen LogP contribution in [-0.2, 0) is 14.3 Å². The molecule has 5 unspecified atom stereocenters. The molecule has 3 nitrogen and oxygen atoms in total. The van der Waals surface area contributed by atoms with E-state index in [1.165, 1.54) is 5.57 Å². The molecule has 122 valence electrons. The minimum absolute atomic E-state index is 0.253. The number of carbonyl (C=O) groups excluding carboxylic acids is 1. The largest absolute Gasteiger partial charge is 0.455 e. The Morgan fingerprint density at radius 2 is 2.18 bits per heavy atom. The van der Waals surface area contributed by atoms with Crippen LogP contribution in [0, 0.1) is 11.8 Å². The highest BCUT2D eigenvalue weighted by Gasteiger charge is 2.54. The first kappa shape index (κ1) is 15.8. The molecule has 0 spiro atoms. The molecule has 3 rings (SSSR count). The van der Waals surface area contributed by atoms with Crippen molar-refractivity contribution in [2.24, 2.45) is 11.8 Å². The fraction of sp³-hybridized carbons (Fsp3) is 0.737. The molecule has 3 heteroatoms. The van der Waals surface area contributed by atoms with Crippen LogP contribution in [0.25, 0.3) is 0 Å². The normalized spacial score (nSPS) is 36.6. The van der Waals surface area contributed by atoms with Gasteiger partial charge in [-0.1, -0.05) is 18.2 Å². The molecule has 1 aliphatic carbocycles. The van der Waals surface area contributed by atoms with Crippen molar-refractivity contribution < 1.29 is 14.3 Å². The second kappa shape index (κ2) is 5.84. The smallest absolute Gasteiger partial charge is 0.333 e. The topological polar surface area (TPSA) is 35.5 Å². The Morgan fingerprint density at radius 1 is 1.41 bits per heavy atom. The van der Waals surface area contributed by atoms with Gasteiger partial charge in [0, 0.05) is 17.4 Å². The van der Waals surface area contributed by atoms with Gasteiger partial charge in [-0.3, -0.25) is 0 Å². The summed E-state index contributed by atoms with van der Waals surface area (Å²) in [7, 11) is 0. The summed E-state index contributed by atoms with van der Waals surface area (Å²) < 4.78 is 12.1. The zero-order chi connectivity index (χ0) is 15.9. The molecular weight excluding hydrogens is 276 g/mol. The summed E-state index contributed by atoms with van der Waals surface area (Å²) in [4.78, 5) is 12.3. The summed E-state index contributed by atoms with van der Waals surface area (Å²) in [6, 6.07) is 0. The number of hydrogen-bond acceptors (Lipinski definition) is 3. The summed E-state index contributed by atoms with van der Waals surface area (Å²) in [5.41, 5.74) is 1.50. The third kappa shape index (κ3) is 2.76. The van der Waals surface area contributed by atoms with E-state index in [1.54, 1.807) is 6.92 Å². The summed E-state index contributed by atoms with van der Waals surface area (Å²) in [6.07, 6.45) is 9.45. The van der Waals surface area contributed by atoms with Crippen LogP contribution in [0.15, 0.2) is 23.8 Å². The van der Waals surface area contributed by atoms with Gasteiger partial charge in [0.25, 0.3) is 0 Å². The van der Waals surface area contributed by atoms with Crippen molar-refractivity contribution in [2.45, 2.75) is 77.1 Å². The van der Waals surface area contributed by atoms with Gasteiger partial charge in [-0.05, 0) is 59.3 Å². The maximum atomic E-state index is 12.3. The lowest BCUT2D eigenvalue weighted by atomic mass is 9.67. The highest BCUT2D eigenvalue weighted by molar-refractivity contribution is 5.87. The van der Waals surface area contributed by atoms with Gasteiger partial charge in [0.1, 0.15) is 5.60 Å². The first-order chi connectivity index (χ1) is 10.4. The molecule has 3 aliphatic rings. The summed E-state index contributed by atoms with van der Waals surface area (Å²) in [5, 5.41) is 0. The van der Waals surface area contributed by atoms with Crippen LogP contribution >= 0.6 is 0 Å². The van der Waals surface area contributed by atoms with E-state index in [1.807, 2.05) is 0 Å². The number of carbonyl (C=O) groups is 1. The highest BCUT2D eigenvalue weighted by Crippen LogP contribution is 2.50. The van der Waals surface area contributed by atoms with Crippen LogP contribution in [0.3, 0.4) is 0 Å². The van der Waals surface area contributed by atoms with Gasteiger partial charge >= 0.3 is 5.97 Å². The fourth-order valence-electron chi connectivity index (χ4n) is 4.48. The molecule has 2 fully saturated rings. The van der Waals surface area contributed by atoms with Crippen LogP contribution in [0.2, 0.25) is 0 Å². The van der Waals surface area contributed by atoms with Crippen LogP contribution < -0.4 is 0 Å². The maximum absolute atomic E-state index is 12.3. The van der Waals surface area contributed by atoms with Crippen molar-refractivity contribution in [3.05, 3.63) is 23.8 Å². The zero-order valence-electron chi connectivity index (χ0n) is 14.1. The average Bonchev–Trinajstić information content (AvgIpc) is 3.10. The van der Waals surface area contributed by atoms with E-state index in [9.17, 15) is 4.79 Å². The predicted octanol–water partition coefficient (Wildman–Crippen LogP) is 4.18. The van der Waals surface area contributed by atoms with Crippen molar-refractivity contribution >= 4 is 5.97 Å². The lowest BCUT2D eigenvalue weighted by Gasteiger charge is -2.45. The monoisotopic (exact) mass is 304 g/mol.